The molecule has 0 radical (unpaired) electrons. The lowest BCUT2D eigenvalue weighted by Gasteiger charge is -2.12. The quantitative estimate of drug-likeness (QED) is 0.359. The summed E-state index contributed by atoms with van der Waals surface area (Å²) in [6, 6.07) is 12.0. The molecule has 0 aliphatic rings. The Morgan fingerprint density at radius 1 is 1.37 bits per heavy atom. The van der Waals surface area contributed by atoms with Crippen LogP contribution in [0.2, 0.25) is 5.02 Å². The van der Waals surface area contributed by atoms with Crippen molar-refractivity contribution in [3.63, 3.8) is 0 Å². The van der Waals surface area contributed by atoms with Gasteiger partial charge in [-0.1, -0.05) is 46.3 Å². The monoisotopic (exact) mass is 446 g/mol. The topological polar surface area (TPSA) is 71.3 Å². The van der Waals surface area contributed by atoms with Crippen LogP contribution in [0.25, 0.3) is 6.08 Å². The van der Waals surface area contributed by atoms with Gasteiger partial charge in [0, 0.05) is 15.2 Å². The van der Waals surface area contributed by atoms with Crippen molar-refractivity contribution in [2.75, 3.05) is 19.0 Å². The second-order valence-electron chi connectivity index (χ2n) is 5.26. The number of carbonyl (C=O) groups is 1. The molecule has 0 saturated heterocycles. The van der Waals surface area contributed by atoms with Crippen LogP contribution in [0.1, 0.15) is 5.56 Å². The molecule has 5 nitrogen and oxygen atoms in total. The van der Waals surface area contributed by atoms with E-state index in [2.05, 4.69) is 27.8 Å². The summed E-state index contributed by atoms with van der Waals surface area (Å²) in [5, 5.41) is 12.5. The van der Waals surface area contributed by atoms with E-state index in [0.717, 1.165) is 0 Å². The molecule has 2 rings (SSSR count). The zero-order valence-corrected chi connectivity index (χ0v) is 16.8. The summed E-state index contributed by atoms with van der Waals surface area (Å²) in [6.45, 7) is 3.93. The van der Waals surface area contributed by atoms with Gasteiger partial charge in [0.1, 0.15) is 18.2 Å². The van der Waals surface area contributed by atoms with Crippen molar-refractivity contribution in [2.45, 2.75) is 0 Å². The molecule has 0 heterocycles. The van der Waals surface area contributed by atoms with Crippen molar-refractivity contribution in [1.29, 1.82) is 5.26 Å². The lowest BCUT2D eigenvalue weighted by molar-refractivity contribution is -0.112. The molecule has 0 saturated carbocycles. The van der Waals surface area contributed by atoms with Gasteiger partial charge in [-0.05, 0) is 42.0 Å². The third-order valence-electron chi connectivity index (χ3n) is 3.39. The predicted octanol–water partition coefficient (Wildman–Crippen LogP) is 5.22. The summed E-state index contributed by atoms with van der Waals surface area (Å²) in [7, 11) is 1.51. The summed E-state index contributed by atoms with van der Waals surface area (Å²) in [5.41, 5.74) is 1.02. The smallest absolute Gasteiger partial charge is 0.266 e. The average Bonchev–Trinajstić information content (AvgIpc) is 2.65. The highest BCUT2D eigenvalue weighted by Gasteiger charge is 2.14. The van der Waals surface area contributed by atoms with Gasteiger partial charge >= 0.3 is 0 Å². The van der Waals surface area contributed by atoms with Gasteiger partial charge in [0.15, 0.2) is 11.5 Å². The van der Waals surface area contributed by atoms with Crippen LogP contribution in [0.15, 0.2) is 59.1 Å². The largest absolute Gasteiger partial charge is 0.493 e. The van der Waals surface area contributed by atoms with Crippen LogP contribution in [0.4, 0.5) is 5.69 Å². The fourth-order valence-electron chi connectivity index (χ4n) is 2.15. The molecule has 0 unspecified atom stereocenters. The molecule has 27 heavy (non-hydrogen) atoms. The van der Waals surface area contributed by atoms with E-state index in [-0.39, 0.29) is 5.57 Å². The number of nitrogens with one attached hydrogen (secondary N) is 1. The van der Waals surface area contributed by atoms with Gasteiger partial charge in [-0.2, -0.15) is 5.26 Å². The fraction of sp³-hybridized carbons (Fsp3) is 0.100. The minimum absolute atomic E-state index is 0.0718. The minimum Gasteiger partial charge on any atom is -0.493 e. The number of benzene rings is 2. The molecule has 7 heteroatoms. The molecule has 1 N–H and O–H groups in total. The first-order valence-electron chi connectivity index (χ1n) is 7.78. The van der Waals surface area contributed by atoms with Crippen LogP contribution in [0.3, 0.4) is 0 Å². The number of hydrogen-bond acceptors (Lipinski definition) is 4. The highest BCUT2D eigenvalue weighted by atomic mass is 79.9. The molecule has 2 aromatic rings. The molecule has 0 spiro atoms. The zero-order chi connectivity index (χ0) is 19.8. The highest BCUT2D eigenvalue weighted by Crippen LogP contribution is 2.34. The van der Waals surface area contributed by atoms with E-state index in [1.54, 1.807) is 42.5 Å². The third kappa shape index (κ3) is 5.61. The van der Waals surface area contributed by atoms with Crippen molar-refractivity contribution in [3.8, 4) is 17.6 Å². The van der Waals surface area contributed by atoms with Crippen LogP contribution in [0.5, 0.6) is 11.5 Å². The Balaban J connectivity index is 2.32. The first-order chi connectivity index (χ1) is 13.0. The summed E-state index contributed by atoms with van der Waals surface area (Å²) in [5.74, 6) is 0.444. The Morgan fingerprint density at radius 3 is 2.78 bits per heavy atom. The van der Waals surface area contributed by atoms with Crippen molar-refractivity contribution >= 4 is 45.2 Å². The van der Waals surface area contributed by atoms with Crippen LogP contribution < -0.4 is 14.8 Å². The summed E-state index contributed by atoms with van der Waals surface area (Å²) < 4.78 is 11.5. The van der Waals surface area contributed by atoms with E-state index >= 15 is 0 Å². The first-order valence-corrected chi connectivity index (χ1v) is 8.95. The van der Waals surface area contributed by atoms with E-state index in [4.69, 9.17) is 21.1 Å². The Labute approximate surface area is 171 Å². The molecule has 1 amide bonds. The van der Waals surface area contributed by atoms with E-state index in [1.807, 2.05) is 6.07 Å². The minimum atomic E-state index is -0.544. The number of halogens is 2. The number of carbonyl (C=O) groups excluding carboxylic acids is 1. The van der Waals surface area contributed by atoms with E-state index in [0.29, 0.717) is 38.9 Å². The Hall–Kier alpha value is -2.75. The van der Waals surface area contributed by atoms with Crippen molar-refractivity contribution in [1.82, 2.24) is 0 Å². The maximum absolute atomic E-state index is 12.4. The number of amides is 1. The van der Waals surface area contributed by atoms with Crippen LogP contribution in [0, 0.1) is 11.3 Å². The number of methoxy groups -OCH3 is 1. The first kappa shape index (κ1) is 20.6. The molecule has 0 aliphatic carbocycles. The number of ether oxygens (including phenoxy) is 2. The summed E-state index contributed by atoms with van der Waals surface area (Å²) in [6.07, 6.45) is 3.08. The lowest BCUT2D eigenvalue weighted by atomic mass is 10.1. The number of rotatable bonds is 7. The van der Waals surface area contributed by atoms with E-state index in [1.165, 1.54) is 13.2 Å². The standard InChI is InChI=1S/C20H16BrClN2O3/c1-3-7-27-19-11-17(21)13(9-18(19)26-2)8-14(12-23)20(25)24-16-6-4-5-15(22)10-16/h3-6,8-11H,1,7H2,2H3,(H,24,25)/b14-8+. The average molecular weight is 448 g/mol. The summed E-state index contributed by atoms with van der Waals surface area (Å²) >= 11 is 9.33. The Kier molecular flexibility index (Phi) is 7.47. The van der Waals surface area contributed by atoms with Gasteiger partial charge in [-0.15, -0.1) is 0 Å². The molecule has 0 aliphatic heterocycles. The van der Waals surface area contributed by atoms with Crippen LogP contribution >= 0.6 is 27.5 Å². The number of nitrogens with zero attached hydrogens (tertiary/aromatic N) is 1. The van der Waals surface area contributed by atoms with Gasteiger partial charge < -0.3 is 14.8 Å². The number of anilines is 1. The second-order valence-corrected chi connectivity index (χ2v) is 6.55. The molecule has 138 valence electrons. The second kappa shape index (κ2) is 9.81. The van der Waals surface area contributed by atoms with Gasteiger partial charge in [-0.25, -0.2) is 0 Å². The molecule has 0 aromatic heterocycles. The molecular weight excluding hydrogens is 432 g/mol. The van der Waals surface area contributed by atoms with E-state index < -0.39 is 5.91 Å². The van der Waals surface area contributed by atoms with Crippen molar-refractivity contribution in [3.05, 3.63) is 69.7 Å². The molecule has 0 fully saturated rings. The van der Waals surface area contributed by atoms with Gasteiger partial charge in [0.05, 0.1) is 7.11 Å². The Morgan fingerprint density at radius 2 is 2.15 bits per heavy atom. The van der Waals surface area contributed by atoms with Gasteiger partial charge in [-0.3, -0.25) is 4.79 Å². The highest BCUT2D eigenvalue weighted by molar-refractivity contribution is 9.10. The molecule has 0 atom stereocenters. The molecule has 2 aromatic carbocycles. The third-order valence-corrected chi connectivity index (χ3v) is 4.31. The van der Waals surface area contributed by atoms with E-state index in [9.17, 15) is 10.1 Å². The lowest BCUT2D eigenvalue weighted by Crippen LogP contribution is -2.13. The maximum atomic E-state index is 12.4. The van der Waals surface area contributed by atoms with Gasteiger partial charge in [0.2, 0.25) is 0 Å². The summed E-state index contributed by atoms with van der Waals surface area (Å²) in [4.78, 5) is 12.4. The maximum Gasteiger partial charge on any atom is 0.266 e. The van der Waals surface area contributed by atoms with Crippen molar-refractivity contribution in [2.24, 2.45) is 0 Å². The zero-order valence-electron chi connectivity index (χ0n) is 14.5. The normalized spacial score (nSPS) is 10.7. The SMILES string of the molecule is C=CCOc1cc(Br)c(/C=C(\C#N)C(=O)Nc2cccc(Cl)c2)cc1OC. The van der Waals surface area contributed by atoms with Crippen LogP contribution in [-0.2, 0) is 4.79 Å². The Bertz CT molecular complexity index is 935. The number of nitriles is 1. The van der Waals surface area contributed by atoms with Crippen LogP contribution in [-0.4, -0.2) is 19.6 Å². The fourth-order valence-corrected chi connectivity index (χ4v) is 2.78. The predicted molar refractivity (Wildman–Crippen MR) is 110 cm³/mol. The molecule has 0 bridgehead atoms. The van der Waals surface area contributed by atoms with Crippen molar-refractivity contribution < 1.29 is 14.3 Å². The van der Waals surface area contributed by atoms with Gasteiger partial charge in [0.25, 0.3) is 5.91 Å². The molecular formula is C20H16BrClN2O3. The number of hydrogen-bond donors (Lipinski definition) is 1.